The number of halogens is 1. The fraction of sp³-hybridized carbons (Fsp3) is 0.333. The Morgan fingerprint density at radius 2 is 1.86 bits per heavy atom. The van der Waals surface area contributed by atoms with Gasteiger partial charge in [0.25, 0.3) is 0 Å². The Morgan fingerprint density at radius 3 is 2.52 bits per heavy atom. The highest BCUT2D eigenvalue weighted by Crippen LogP contribution is 2.25. The first-order chi connectivity index (χ1) is 10.1. The van der Waals surface area contributed by atoms with Crippen molar-refractivity contribution in [3.05, 3.63) is 70.2 Å². The van der Waals surface area contributed by atoms with Gasteiger partial charge in [0.2, 0.25) is 0 Å². The number of nitrogens with zero attached hydrogens (tertiary/aromatic N) is 1. The van der Waals surface area contributed by atoms with Crippen molar-refractivity contribution in [3.8, 4) is 0 Å². The second-order valence-electron chi connectivity index (χ2n) is 5.62. The third kappa shape index (κ3) is 4.57. The molecule has 1 unspecified atom stereocenters. The Hall–Kier alpha value is -1.35. The molecular weight excluding hydrogens is 280 g/mol. The van der Waals surface area contributed by atoms with Crippen molar-refractivity contribution in [2.45, 2.75) is 19.5 Å². The summed E-state index contributed by atoms with van der Waals surface area (Å²) in [5, 5.41) is 4.36. The van der Waals surface area contributed by atoms with Crippen molar-refractivity contribution in [2.75, 3.05) is 20.6 Å². The molecule has 2 aromatic rings. The SMILES string of the molecule is Cc1cccc(CNCC(c2ccccc2Cl)N(C)C)c1. The van der Waals surface area contributed by atoms with Crippen LogP contribution in [0.15, 0.2) is 48.5 Å². The van der Waals surface area contributed by atoms with Crippen LogP contribution in [0, 0.1) is 6.92 Å². The molecule has 1 atom stereocenters. The van der Waals surface area contributed by atoms with Crippen molar-refractivity contribution >= 4 is 11.6 Å². The van der Waals surface area contributed by atoms with Gasteiger partial charge in [0.05, 0.1) is 0 Å². The van der Waals surface area contributed by atoms with Gasteiger partial charge < -0.3 is 10.2 Å². The molecule has 0 spiro atoms. The zero-order valence-corrected chi connectivity index (χ0v) is 13.7. The van der Waals surface area contributed by atoms with Gasteiger partial charge in [-0.15, -0.1) is 0 Å². The van der Waals surface area contributed by atoms with E-state index in [-0.39, 0.29) is 6.04 Å². The number of benzene rings is 2. The molecule has 0 aliphatic rings. The molecule has 112 valence electrons. The number of rotatable bonds is 6. The molecule has 3 heteroatoms. The standard InChI is InChI=1S/C18H23ClN2/c1-14-7-6-8-15(11-14)12-20-13-18(21(2)3)16-9-4-5-10-17(16)19/h4-11,18,20H,12-13H2,1-3H3. The molecule has 0 heterocycles. The highest BCUT2D eigenvalue weighted by atomic mass is 35.5. The van der Waals surface area contributed by atoms with Gasteiger partial charge in [-0.05, 0) is 38.2 Å². The molecule has 2 nitrogen and oxygen atoms in total. The molecule has 0 saturated carbocycles. The predicted octanol–water partition coefficient (Wildman–Crippen LogP) is 4.04. The van der Waals surface area contributed by atoms with E-state index in [0.717, 1.165) is 18.1 Å². The van der Waals surface area contributed by atoms with Crippen LogP contribution in [0.4, 0.5) is 0 Å². The van der Waals surface area contributed by atoms with Gasteiger partial charge >= 0.3 is 0 Å². The Balaban J connectivity index is 2.00. The highest BCUT2D eigenvalue weighted by molar-refractivity contribution is 6.31. The van der Waals surface area contributed by atoms with E-state index in [1.54, 1.807) is 0 Å². The molecule has 0 aliphatic carbocycles. The molecule has 0 radical (unpaired) electrons. The summed E-state index contributed by atoms with van der Waals surface area (Å²) in [4.78, 5) is 2.20. The van der Waals surface area contributed by atoms with E-state index in [2.05, 4.69) is 61.6 Å². The van der Waals surface area contributed by atoms with E-state index < -0.39 is 0 Å². The van der Waals surface area contributed by atoms with E-state index in [4.69, 9.17) is 11.6 Å². The van der Waals surface area contributed by atoms with Crippen LogP contribution in [0.2, 0.25) is 5.02 Å². The lowest BCUT2D eigenvalue weighted by Gasteiger charge is -2.26. The largest absolute Gasteiger partial charge is 0.311 e. The van der Waals surface area contributed by atoms with E-state index >= 15 is 0 Å². The van der Waals surface area contributed by atoms with Crippen molar-refractivity contribution < 1.29 is 0 Å². The predicted molar refractivity (Wildman–Crippen MR) is 90.8 cm³/mol. The number of hydrogen-bond donors (Lipinski definition) is 1. The summed E-state index contributed by atoms with van der Waals surface area (Å²) in [5.74, 6) is 0. The third-order valence-corrected chi connectivity index (χ3v) is 3.98. The molecule has 0 saturated heterocycles. The van der Waals surface area contributed by atoms with Gasteiger partial charge in [-0.2, -0.15) is 0 Å². The fourth-order valence-corrected chi connectivity index (χ4v) is 2.75. The minimum atomic E-state index is 0.267. The molecule has 2 rings (SSSR count). The Morgan fingerprint density at radius 1 is 1.10 bits per heavy atom. The lowest BCUT2D eigenvalue weighted by atomic mass is 10.1. The van der Waals surface area contributed by atoms with Gasteiger partial charge in [0.15, 0.2) is 0 Å². The molecule has 0 bridgehead atoms. The van der Waals surface area contributed by atoms with Gasteiger partial charge in [-0.3, -0.25) is 0 Å². The van der Waals surface area contributed by atoms with Gasteiger partial charge in [-0.1, -0.05) is 59.6 Å². The summed E-state index contributed by atoms with van der Waals surface area (Å²) in [6.07, 6.45) is 0. The van der Waals surface area contributed by atoms with E-state index in [9.17, 15) is 0 Å². The second kappa shape index (κ2) is 7.60. The van der Waals surface area contributed by atoms with E-state index in [1.807, 2.05) is 18.2 Å². The number of hydrogen-bond acceptors (Lipinski definition) is 2. The summed E-state index contributed by atoms with van der Waals surface area (Å²) in [7, 11) is 4.17. The molecule has 0 fully saturated rings. The van der Waals surface area contributed by atoms with E-state index in [1.165, 1.54) is 16.7 Å². The minimum Gasteiger partial charge on any atom is -0.311 e. The van der Waals surface area contributed by atoms with Crippen LogP contribution in [0.5, 0.6) is 0 Å². The molecule has 21 heavy (non-hydrogen) atoms. The normalized spacial score (nSPS) is 12.6. The quantitative estimate of drug-likeness (QED) is 0.866. The van der Waals surface area contributed by atoms with Gasteiger partial charge in [0, 0.05) is 24.2 Å². The van der Waals surface area contributed by atoms with E-state index in [0.29, 0.717) is 0 Å². The molecule has 2 aromatic carbocycles. The van der Waals surface area contributed by atoms with Gasteiger partial charge in [0.1, 0.15) is 0 Å². The summed E-state index contributed by atoms with van der Waals surface area (Å²) in [5.41, 5.74) is 3.78. The molecule has 0 amide bonds. The smallest absolute Gasteiger partial charge is 0.0481 e. The minimum absolute atomic E-state index is 0.267. The zero-order chi connectivity index (χ0) is 15.2. The topological polar surface area (TPSA) is 15.3 Å². The van der Waals surface area contributed by atoms with Crippen LogP contribution in [-0.2, 0) is 6.54 Å². The van der Waals surface area contributed by atoms with Crippen LogP contribution >= 0.6 is 11.6 Å². The Labute approximate surface area is 132 Å². The average Bonchev–Trinajstić information content (AvgIpc) is 2.44. The molecule has 0 aromatic heterocycles. The number of likely N-dealkylation sites (N-methyl/N-ethyl adjacent to an activating group) is 1. The Kier molecular flexibility index (Phi) is 5.80. The van der Waals surface area contributed by atoms with Crippen LogP contribution in [0.3, 0.4) is 0 Å². The highest BCUT2D eigenvalue weighted by Gasteiger charge is 2.16. The monoisotopic (exact) mass is 302 g/mol. The van der Waals surface area contributed by atoms with Crippen LogP contribution in [0.25, 0.3) is 0 Å². The van der Waals surface area contributed by atoms with Crippen LogP contribution in [-0.4, -0.2) is 25.5 Å². The van der Waals surface area contributed by atoms with Crippen molar-refractivity contribution in [2.24, 2.45) is 0 Å². The van der Waals surface area contributed by atoms with Crippen LogP contribution in [0.1, 0.15) is 22.7 Å². The van der Waals surface area contributed by atoms with Crippen molar-refractivity contribution in [3.63, 3.8) is 0 Å². The maximum Gasteiger partial charge on any atom is 0.0481 e. The second-order valence-corrected chi connectivity index (χ2v) is 6.03. The van der Waals surface area contributed by atoms with Crippen molar-refractivity contribution in [1.29, 1.82) is 0 Å². The first-order valence-electron chi connectivity index (χ1n) is 7.25. The summed E-state index contributed by atoms with van der Waals surface area (Å²) in [6.45, 7) is 3.86. The summed E-state index contributed by atoms with van der Waals surface area (Å²) >= 11 is 6.33. The number of aryl methyl sites for hydroxylation is 1. The third-order valence-electron chi connectivity index (χ3n) is 3.64. The number of nitrogens with one attached hydrogen (secondary N) is 1. The molecular formula is C18H23ClN2. The summed E-state index contributed by atoms with van der Waals surface area (Å²) < 4.78 is 0. The van der Waals surface area contributed by atoms with Crippen molar-refractivity contribution in [1.82, 2.24) is 10.2 Å². The fourth-order valence-electron chi connectivity index (χ4n) is 2.49. The maximum atomic E-state index is 6.33. The zero-order valence-electron chi connectivity index (χ0n) is 12.9. The van der Waals surface area contributed by atoms with Gasteiger partial charge in [-0.25, -0.2) is 0 Å². The summed E-state index contributed by atoms with van der Waals surface area (Å²) in [6, 6.07) is 16.9. The first kappa shape index (κ1) is 16.0. The lowest BCUT2D eigenvalue weighted by Crippen LogP contribution is -2.31. The molecule has 0 aliphatic heterocycles. The lowest BCUT2D eigenvalue weighted by molar-refractivity contribution is 0.288. The average molecular weight is 303 g/mol. The Bertz CT molecular complexity index is 581. The first-order valence-corrected chi connectivity index (χ1v) is 7.63. The maximum absolute atomic E-state index is 6.33. The molecule has 1 N–H and O–H groups in total. The van der Waals surface area contributed by atoms with Crippen LogP contribution < -0.4 is 5.32 Å².